The highest BCUT2D eigenvalue weighted by Crippen LogP contribution is 2.29. The molecular weight excluding hydrogens is 433 g/mol. The number of aryl methyl sites for hydroxylation is 1. The summed E-state index contributed by atoms with van der Waals surface area (Å²) in [6, 6.07) is 8.86. The van der Waals surface area contributed by atoms with E-state index in [0.29, 0.717) is 44.0 Å². The van der Waals surface area contributed by atoms with Gasteiger partial charge in [-0.05, 0) is 43.5 Å². The van der Waals surface area contributed by atoms with Crippen molar-refractivity contribution in [1.82, 2.24) is 15.2 Å². The van der Waals surface area contributed by atoms with Gasteiger partial charge in [-0.1, -0.05) is 31.5 Å². The third-order valence-electron chi connectivity index (χ3n) is 5.74. The second-order valence-corrected chi connectivity index (χ2v) is 8.63. The lowest BCUT2D eigenvalue weighted by atomic mass is 10.0. The van der Waals surface area contributed by atoms with Crippen molar-refractivity contribution in [3.05, 3.63) is 59.3 Å². The molecule has 1 N–H and O–H groups in total. The number of benzene rings is 1. The molecule has 1 aliphatic rings. The van der Waals surface area contributed by atoms with Crippen LogP contribution in [0.2, 0.25) is 0 Å². The van der Waals surface area contributed by atoms with E-state index in [0.717, 1.165) is 17.8 Å². The Balaban J connectivity index is 1.65. The number of aromatic nitrogens is 1. The van der Waals surface area contributed by atoms with E-state index in [2.05, 4.69) is 10.3 Å². The summed E-state index contributed by atoms with van der Waals surface area (Å²) in [4.78, 5) is 33.5. The van der Waals surface area contributed by atoms with Gasteiger partial charge in [-0.15, -0.1) is 0 Å². The third-order valence-corrected chi connectivity index (χ3v) is 5.74. The molecule has 178 valence electrons. The van der Waals surface area contributed by atoms with Crippen molar-refractivity contribution in [2.75, 3.05) is 31.1 Å². The number of rotatable bonds is 5. The number of anilines is 1. The number of carbonyl (C=O) groups is 2. The predicted molar refractivity (Wildman–Crippen MR) is 120 cm³/mol. The minimum Gasteiger partial charge on any atom is -0.355 e. The summed E-state index contributed by atoms with van der Waals surface area (Å²) in [5.41, 5.74) is 0.746. The maximum Gasteiger partial charge on any atom is 0.417 e. The Morgan fingerprint density at radius 1 is 1.00 bits per heavy atom. The van der Waals surface area contributed by atoms with Crippen molar-refractivity contribution in [2.24, 2.45) is 5.92 Å². The average molecular weight is 463 g/mol. The number of halogens is 3. The Hall–Kier alpha value is -3.10. The van der Waals surface area contributed by atoms with E-state index < -0.39 is 17.8 Å². The van der Waals surface area contributed by atoms with E-state index in [-0.39, 0.29) is 17.7 Å². The Labute approximate surface area is 191 Å². The van der Waals surface area contributed by atoms with Crippen molar-refractivity contribution < 1.29 is 22.8 Å². The minimum atomic E-state index is -4.43. The van der Waals surface area contributed by atoms with Gasteiger partial charge < -0.3 is 15.1 Å². The zero-order valence-corrected chi connectivity index (χ0v) is 19.0. The molecule has 2 heterocycles. The van der Waals surface area contributed by atoms with Crippen LogP contribution in [0.3, 0.4) is 0 Å². The average Bonchev–Trinajstić information content (AvgIpc) is 3.03. The van der Waals surface area contributed by atoms with Crippen LogP contribution >= 0.6 is 0 Å². The zero-order valence-electron chi connectivity index (χ0n) is 19.0. The summed E-state index contributed by atoms with van der Waals surface area (Å²) >= 11 is 0. The molecule has 2 aromatic rings. The van der Waals surface area contributed by atoms with E-state index in [1.165, 1.54) is 6.07 Å². The van der Waals surface area contributed by atoms with Crippen molar-refractivity contribution in [3.8, 4) is 0 Å². The smallest absolute Gasteiger partial charge is 0.355 e. The molecule has 0 aliphatic carbocycles. The first-order valence-corrected chi connectivity index (χ1v) is 11.0. The van der Waals surface area contributed by atoms with E-state index in [4.69, 9.17) is 0 Å². The number of hydrogen-bond acceptors (Lipinski definition) is 4. The van der Waals surface area contributed by atoms with Crippen molar-refractivity contribution in [3.63, 3.8) is 0 Å². The Bertz CT molecular complexity index is 959. The van der Waals surface area contributed by atoms with Crippen molar-refractivity contribution in [1.29, 1.82) is 0 Å². The summed E-state index contributed by atoms with van der Waals surface area (Å²) in [6.45, 7) is 7.61. The fourth-order valence-electron chi connectivity index (χ4n) is 3.75. The Morgan fingerprint density at radius 2 is 1.70 bits per heavy atom. The standard InChI is InChI=1S/C24H29F3N4O2/c1-16(2)21(29-22(32)18-7-5-17(3)6-8-18)23(33)31-12-4-11-30(13-14-31)20-10-9-19(15-28-20)24(25,26)27/h5-10,15-16,21H,4,11-14H2,1-3H3,(H,29,32). The molecule has 0 bridgehead atoms. The normalized spacial score (nSPS) is 15.8. The van der Waals surface area contributed by atoms with Gasteiger partial charge in [-0.2, -0.15) is 13.2 Å². The maximum absolute atomic E-state index is 13.3. The number of hydrogen-bond donors (Lipinski definition) is 1. The molecule has 6 nitrogen and oxygen atoms in total. The largest absolute Gasteiger partial charge is 0.417 e. The Kier molecular flexibility index (Phi) is 7.61. The molecule has 0 spiro atoms. The zero-order chi connectivity index (χ0) is 24.2. The lowest BCUT2D eigenvalue weighted by molar-refractivity contribution is -0.138. The fraction of sp³-hybridized carbons (Fsp3) is 0.458. The first kappa shape index (κ1) is 24.5. The minimum absolute atomic E-state index is 0.108. The molecule has 1 saturated heterocycles. The quantitative estimate of drug-likeness (QED) is 0.732. The van der Waals surface area contributed by atoms with Gasteiger partial charge >= 0.3 is 6.18 Å². The highest BCUT2D eigenvalue weighted by atomic mass is 19.4. The van der Waals surface area contributed by atoms with Crippen LogP contribution in [0.25, 0.3) is 0 Å². The molecule has 1 aromatic heterocycles. The molecule has 3 rings (SSSR count). The van der Waals surface area contributed by atoms with Gasteiger partial charge in [0.15, 0.2) is 0 Å². The van der Waals surface area contributed by atoms with Gasteiger partial charge in [0.25, 0.3) is 5.91 Å². The summed E-state index contributed by atoms with van der Waals surface area (Å²) in [7, 11) is 0. The lowest BCUT2D eigenvalue weighted by Crippen LogP contribution is -2.52. The van der Waals surface area contributed by atoms with Crippen LogP contribution < -0.4 is 10.2 Å². The van der Waals surface area contributed by atoms with E-state index in [1.54, 1.807) is 17.0 Å². The first-order chi connectivity index (χ1) is 15.6. The van der Waals surface area contributed by atoms with E-state index in [1.807, 2.05) is 37.8 Å². The number of pyridine rings is 1. The molecule has 9 heteroatoms. The molecule has 2 amide bonds. The van der Waals surface area contributed by atoms with Crippen LogP contribution in [0.5, 0.6) is 0 Å². The molecular formula is C24H29F3N4O2. The van der Waals surface area contributed by atoms with Gasteiger partial charge in [-0.25, -0.2) is 4.98 Å². The van der Waals surface area contributed by atoms with Crippen molar-refractivity contribution >= 4 is 17.6 Å². The van der Waals surface area contributed by atoms with Crippen LogP contribution in [-0.4, -0.2) is 53.9 Å². The highest BCUT2D eigenvalue weighted by Gasteiger charge is 2.32. The predicted octanol–water partition coefficient (Wildman–Crippen LogP) is 3.90. The van der Waals surface area contributed by atoms with Crippen LogP contribution in [0.4, 0.5) is 19.0 Å². The summed E-state index contributed by atoms with van der Waals surface area (Å²) < 4.78 is 38.4. The van der Waals surface area contributed by atoms with Gasteiger partial charge in [-0.3, -0.25) is 9.59 Å². The number of nitrogens with one attached hydrogen (secondary N) is 1. The number of amides is 2. The summed E-state index contributed by atoms with van der Waals surface area (Å²) in [5.74, 6) is -0.117. The fourth-order valence-corrected chi connectivity index (χ4v) is 3.75. The molecule has 33 heavy (non-hydrogen) atoms. The number of nitrogens with zero attached hydrogens (tertiary/aromatic N) is 3. The second-order valence-electron chi connectivity index (χ2n) is 8.63. The molecule has 1 aliphatic heterocycles. The van der Waals surface area contributed by atoms with E-state index in [9.17, 15) is 22.8 Å². The second kappa shape index (κ2) is 10.2. The highest BCUT2D eigenvalue weighted by molar-refractivity contribution is 5.97. The van der Waals surface area contributed by atoms with Gasteiger partial charge in [0.1, 0.15) is 11.9 Å². The van der Waals surface area contributed by atoms with Crippen LogP contribution in [0.1, 0.15) is 41.8 Å². The molecule has 0 saturated carbocycles. The van der Waals surface area contributed by atoms with Crippen LogP contribution in [0.15, 0.2) is 42.6 Å². The molecule has 1 unspecified atom stereocenters. The van der Waals surface area contributed by atoms with Gasteiger partial charge in [0.05, 0.1) is 5.56 Å². The summed E-state index contributed by atoms with van der Waals surface area (Å²) in [5, 5.41) is 2.87. The monoisotopic (exact) mass is 462 g/mol. The van der Waals surface area contributed by atoms with E-state index >= 15 is 0 Å². The molecule has 1 fully saturated rings. The van der Waals surface area contributed by atoms with Crippen LogP contribution in [-0.2, 0) is 11.0 Å². The maximum atomic E-state index is 13.3. The number of alkyl halides is 3. The molecule has 0 radical (unpaired) electrons. The Morgan fingerprint density at radius 3 is 2.27 bits per heavy atom. The molecule has 1 aromatic carbocycles. The van der Waals surface area contributed by atoms with Crippen LogP contribution in [0, 0.1) is 12.8 Å². The topological polar surface area (TPSA) is 65.5 Å². The van der Waals surface area contributed by atoms with Gasteiger partial charge in [0, 0.05) is 37.9 Å². The van der Waals surface area contributed by atoms with Gasteiger partial charge in [0.2, 0.25) is 5.91 Å². The first-order valence-electron chi connectivity index (χ1n) is 11.0. The third kappa shape index (κ3) is 6.24. The lowest BCUT2D eigenvalue weighted by Gasteiger charge is -2.29. The number of carbonyl (C=O) groups excluding carboxylic acids is 2. The SMILES string of the molecule is Cc1ccc(C(=O)NC(C(=O)N2CCCN(c3ccc(C(F)(F)F)cn3)CC2)C(C)C)cc1. The molecule has 1 atom stereocenters. The van der Waals surface area contributed by atoms with Crippen molar-refractivity contribution in [2.45, 2.75) is 39.4 Å². The summed E-state index contributed by atoms with van der Waals surface area (Å²) in [6.07, 6.45) is -2.95.